The van der Waals surface area contributed by atoms with E-state index in [2.05, 4.69) is 23.3 Å². The summed E-state index contributed by atoms with van der Waals surface area (Å²) in [5.41, 5.74) is 2.25. The van der Waals surface area contributed by atoms with E-state index in [0.29, 0.717) is 19.4 Å². The maximum absolute atomic E-state index is 13.1. The van der Waals surface area contributed by atoms with Crippen LogP contribution < -0.4 is 0 Å². The van der Waals surface area contributed by atoms with Crippen LogP contribution in [0, 0.1) is 30.6 Å². The molecule has 1 aromatic carbocycles. The van der Waals surface area contributed by atoms with Gasteiger partial charge in [-0.25, -0.2) is 0 Å². The Labute approximate surface area is 193 Å². The molecule has 1 fully saturated rings. The fourth-order valence-corrected chi connectivity index (χ4v) is 4.70. The Morgan fingerprint density at radius 2 is 2.00 bits per heavy atom. The second-order valence-electron chi connectivity index (χ2n) is 9.07. The van der Waals surface area contributed by atoms with E-state index in [9.17, 15) is 23.1 Å². The molecule has 1 heterocycles. The van der Waals surface area contributed by atoms with Crippen LogP contribution in [-0.2, 0) is 4.79 Å². The fourth-order valence-electron chi connectivity index (χ4n) is 4.70. The van der Waals surface area contributed by atoms with Crippen LogP contribution in [0.3, 0.4) is 0 Å². The number of allylic oxidation sites excluding steroid dienone is 4. The molecule has 6 heteroatoms. The number of carbonyl (C=O) groups is 1. The first-order valence-electron chi connectivity index (χ1n) is 11.2. The number of rotatable bonds is 5. The molecule has 3 rings (SSSR count). The molecule has 0 saturated carbocycles. The number of hydrogen-bond donors (Lipinski definition) is 1. The Hall–Kier alpha value is -2.78. The molecule has 33 heavy (non-hydrogen) atoms. The summed E-state index contributed by atoms with van der Waals surface area (Å²) in [5.74, 6) is 5.41. The number of hydrogen-bond acceptors (Lipinski definition) is 2. The van der Waals surface area contributed by atoms with Gasteiger partial charge in [0.25, 0.3) is 0 Å². The number of benzene rings is 1. The number of halogens is 3. The zero-order valence-corrected chi connectivity index (χ0v) is 19.0. The number of carboxylic acids is 1. The van der Waals surface area contributed by atoms with Gasteiger partial charge < -0.3 is 5.11 Å². The SMILES string of the molecule is C=C(C)C#C[C@@H](c1ccc(C)cc1)N1CC[C@H](CC(=O)O)C[C@@H]1C1C=CC(C(F)(F)F)=CC1. The van der Waals surface area contributed by atoms with Gasteiger partial charge in [-0.2, -0.15) is 13.2 Å². The summed E-state index contributed by atoms with van der Waals surface area (Å²) in [6.07, 6.45) is 1.34. The van der Waals surface area contributed by atoms with E-state index >= 15 is 0 Å². The van der Waals surface area contributed by atoms with Crippen LogP contribution in [0.2, 0.25) is 0 Å². The van der Waals surface area contributed by atoms with Crippen LogP contribution in [0.15, 0.2) is 60.2 Å². The lowest BCUT2D eigenvalue weighted by Crippen LogP contribution is -2.48. The maximum Gasteiger partial charge on any atom is 0.416 e. The number of nitrogens with zero attached hydrogens (tertiary/aromatic N) is 1. The van der Waals surface area contributed by atoms with E-state index in [-0.39, 0.29) is 36.8 Å². The largest absolute Gasteiger partial charge is 0.481 e. The lowest BCUT2D eigenvalue weighted by molar-refractivity contribution is -0.138. The third kappa shape index (κ3) is 6.61. The van der Waals surface area contributed by atoms with Crippen LogP contribution in [0.5, 0.6) is 0 Å². The van der Waals surface area contributed by atoms with E-state index in [1.54, 1.807) is 6.08 Å². The van der Waals surface area contributed by atoms with Crippen molar-refractivity contribution < 1.29 is 23.1 Å². The van der Waals surface area contributed by atoms with Gasteiger partial charge in [0.1, 0.15) is 0 Å². The summed E-state index contributed by atoms with van der Waals surface area (Å²) >= 11 is 0. The average Bonchev–Trinajstić information content (AvgIpc) is 2.74. The quantitative estimate of drug-likeness (QED) is 0.533. The van der Waals surface area contributed by atoms with Gasteiger partial charge in [0, 0.05) is 19.0 Å². The predicted molar refractivity (Wildman–Crippen MR) is 123 cm³/mol. The molecule has 1 aliphatic heterocycles. The lowest BCUT2D eigenvalue weighted by atomic mass is 9.78. The van der Waals surface area contributed by atoms with Crippen molar-refractivity contribution in [3.05, 3.63) is 71.3 Å². The third-order valence-electron chi connectivity index (χ3n) is 6.36. The minimum Gasteiger partial charge on any atom is -0.481 e. The molecule has 0 amide bonds. The van der Waals surface area contributed by atoms with Gasteiger partial charge in [-0.05, 0) is 56.1 Å². The molecule has 1 aromatic rings. The smallest absolute Gasteiger partial charge is 0.416 e. The fraction of sp³-hybridized carbons (Fsp3) is 0.444. The van der Waals surface area contributed by atoms with E-state index < -0.39 is 17.7 Å². The Bertz CT molecular complexity index is 995. The molecule has 176 valence electrons. The number of aryl methyl sites for hydroxylation is 1. The molecule has 2 aliphatic rings. The van der Waals surface area contributed by atoms with Crippen molar-refractivity contribution in [2.45, 2.75) is 57.8 Å². The van der Waals surface area contributed by atoms with Crippen LogP contribution in [0.4, 0.5) is 13.2 Å². The molecular formula is C27H30F3NO2. The van der Waals surface area contributed by atoms with Gasteiger partial charge in [-0.15, -0.1) is 0 Å². The van der Waals surface area contributed by atoms with E-state index in [0.717, 1.165) is 22.8 Å². The van der Waals surface area contributed by atoms with Gasteiger partial charge in [0.15, 0.2) is 0 Å². The van der Waals surface area contributed by atoms with Crippen molar-refractivity contribution in [1.29, 1.82) is 0 Å². The first-order chi connectivity index (χ1) is 15.5. The molecule has 0 aromatic heterocycles. The predicted octanol–water partition coefficient (Wildman–Crippen LogP) is 6.24. The minimum absolute atomic E-state index is 0.0158. The molecule has 4 atom stereocenters. The highest BCUT2D eigenvalue weighted by Gasteiger charge is 2.39. The first kappa shape index (κ1) is 24.9. The van der Waals surface area contributed by atoms with Crippen molar-refractivity contribution in [2.24, 2.45) is 11.8 Å². The molecule has 1 saturated heterocycles. The zero-order valence-electron chi connectivity index (χ0n) is 19.0. The van der Waals surface area contributed by atoms with Gasteiger partial charge in [0.2, 0.25) is 0 Å². The molecule has 0 radical (unpaired) electrons. The minimum atomic E-state index is -4.36. The number of alkyl halides is 3. The standard InChI is InChI=1S/C27H30F3NO2/c1-18(2)4-13-24(21-7-5-19(3)6-8-21)31-15-14-20(17-26(32)33)16-25(31)22-9-11-23(12-10-22)27(28,29)30/h5-9,11-12,20,22,24-25H,1,10,14-17H2,2-3H3,(H,32,33)/t20-,22?,24-,25+/m0/s1. The Morgan fingerprint density at radius 1 is 1.30 bits per heavy atom. The molecule has 3 nitrogen and oxygen atoms in total. The van der Waals surface area contributed by atoms with Crippen molar-refractivity contribution in [1.82, 2.24) is 4.90 Å². The topological polar surface area (TPSA) is 40.5 Å². The Balaban J connectivity index is 1.95. The van der Waals surface area contributed by atoms with Crippen LogP contribution in [0.25, 0.3) is 0 Å². The average molecular weight is 458 g/mol. The summed E-state index contributed by atoms with van der Waals surface area (Å²) in [5, 5.41) is 9.32. The molecule has 1 N–H and O–H groups in total. The number of likely N-dealkylation sites (tertiary alicyclic amines) is 1. The van der Waals surface area contributed by atoms with Crippen molar-refractivity contribution in [3.63, 3.8) is 0 Å². The van der Waals surface area contributed by atoms with Crippen LogP contribution in [-0.4, -0.2) is 34.7 Å². The third-order valence-corrected chi connectivity index (χ3v) is 6.36. The lowest BCUT2D eigenvalue weighted by Gasteiger charge is -2.45. The Morgan fingerprint density at radius 3 is 2.55 bits per heavy atom. The van der Waals surface area contributed by atoms with E-state index in [1.165, 1.54) is 6.08 Å². The second kappa shape index (κ2) is 10.4. The molecule has 0 bridgehead atoms. The Kier molecular flexibility index (Phi) is 7.86. The highest BCUT2D eigenvalue weighted by molar-refractivity contribution is 5.67. The number of piperidine rings is 1. The van der Waals surface area contributed by atoms with Gasteiger partial charge in [-0.3, -0.25) is 9.69 Å². The first-order valence-corrected chi connectivity index (χ1v) is 11.2. The summed E-state index contributed by atoms with van der Waals surface area (Å²) in [6, 6.07) is 7.75. The molecular weight excluding hydrogens is 427 g/mol. The van der Waals surface area contributed by atoms with Crippen molar-refractivity contribution in [3.8, 4) is 11.8 Å². The van der Waals surface area contributed by atoms with Crippen LogP contribution >= 0.6 is 0 Å². The second-order valence-corrected chi connectivity index (χ2v) is 9.07. The summed E-state index contributed by atoms with van der Waals surface area (Å²) in [4.78, 5) is 13.6. The van der Waals surface area contributed by atoms with E-state index in [1.807, 2.05) is 38.1 Å². The number of aliphatic carboxylic acids is 1. The highest BCUT2D eigenvalue weighted by Crippen LogP contribution is 2.40. The van der Waals surface area contributed by atoms with Crippen LogP contribution in [0.1, 0.15) is 49.8 Å². The van der Waals surface area contributed by atoms with Gasteiger partial charge in [-0.1, -0.05) is 66.5 Å². The monoisotopic (exact) mass is 457 g/mol. The van der Waals surface area contributed by atoms with E-state index in [4.69, 9.17) is 0 Å². The maximum atomic E-state index is 13.1. The molecule has 1 unspecified atom stereocenters. The van der Waals surface area contributed by atoms with Crippen molar-refractivity contribution >= 4 is 5.97 Å². The highest BCUT2D eigenvalue weighted by atomic mass is 19.4. The number of carboxylic acid groups (broad SMARTS) is 1. The zero-order chi connectivity index (χ0) is 24.2. The van der Waals surface area contributed by atoms with Gasteiger partial charge in [0.05, 0.1) is 11.6 Å². The summed E-state index contributed by atoms with van der Waals surface area (Å²) < 4.78 is 39.4. The summed E-state index contributed by atoms with van der Waals surface area (Å²) in [7, 11) is 0. The molecule has 1 aliphatic carbocycles. The summed E-state index contributed by atoms with van der Waals surface area (Å²) in [6.45, 7) is 8.36. The molecule has 0 spiro atoms. The normalized spacial score (nSPS) is 24.4. The van der Waals surface area contributed by atoms with Gasteiger partial charge >= 0.3 is 12.1 Å². The van der Waals surface area contributed by atoms with Crippen molar-refractivity contribution in [2.75, 3.05) is 6.54 Å².